The van der Waals surface area contributed by atoms with E-state index in [0.717, 1.165) is 30.4 Å². The summed E-state index contributed by atoms with van der Waals surface area (Å²) in [6.45, 7) is 3.94. The zero-order valence-electron chi connectivity index (χ0n) is 9.91. The Bertz CT molecular complexity index is 424. The zero-order valence-corrected chi connectivity index (χ0v) is 11.5. The van der Waals surface area contributed by atoms with Crippen LogP contribution in [0.15, 0.2) is 22.9 Å². The molecule has 2 heterocycles. The van der Waals surface area contributed by atoms with Crippen LogP contribution in [0.4, 0.5) is 5.69 Å². The molecule has 17 heavy (non-hydrogen) atoms. The van der Waals surface area contributed by atoms with Gasteiger partial charge in [-0.15, -0.1) is 0 Å². The molecule has 1 fully saturated rings. The van der Waals surface area contributed by atoms with Crippen molar-refractivity contribution in [3.63, 3.8) is 0 Å². The molecule has 2 rings (SSSR count). The highest BCUT2D eigenvalue weighted by atomic mass is 79.9. The quantitative estimate of drug-likeness (QED) is 0.650. The third-order valence-electron chi connectivity index (χ3n) is 3.61. The van der Waals surface area contributed by atoms with Crippen LogP contribution >= 0.6 is 15.9 Å². The topological polar surface area (TPSA) is 66.0 Å². The molecule has 0 saturated carbocycles. The second-order valence-electron chi connectivity index (χ2n) is 4.79. The highest BCUT2D eigenvalue weighted by Crippen LogP contribution is 2.34. The number of hydrogen-bond acceptors (Lipinski definition) is 3. The lowest BCUT2D eigenvalue weighted by Crippen LogP contribution is -2.45. The molecular weight excluding hydrogens is 280 g/mol. The molecule has 1 aromatic rings. The van der Waals surface area contributed by atoms with Crippen molar-refractivity contribution >= 4 is 27.5 Å². The predicted molar refractivity (Wildman–Crippen MR) is 73.4 cm³/mol. The minimum absolute atomic E-state index is 0.129. The molecule has 0 amide bonds. The molecule has 1 aliphatic rings. The second-order valence-corrected chi connectivity index (χ2v) is 5.64. The summed E-state index contributed by atoms with van der Waals surface area (Å²) in [7, 11) is 0. The fraction of sp³-hybridized carbons (Fsp3) is 0.500. The molecule has 1 aliphatic heterocycles. The van der Waals surface area contributed by atoms with Crippen molar-refractivity contribution < 1.29 is 0 Å². The van der Waals surface area contributed by atoms with Crippen LogP contribution in [0, 0.1) is 10.8 Å². The molecule has 0 aliphatic carbocycles. The van der Waals surface area contributed by atoms with Crippen molar-refractivity contribution in [2.75, 3.05) is 18.0 Å². The Morgan fingerprint density at radius 1 is 1.53 bits per heavy atom. The summed E-state index contributed by atoms with van der Waals surface area (Å²) in [4.78, 5) is 6.38. The van der Waals surface area contributed by atoms with Crippen molar-refractivity contribution in [2.24, 2.45) is 11.1 Å². The lowest BCUT2D eigenvalue weighted by Gasteiger charge is -2.39. The first-order chi connectivity index (χ1) is 8.03. The summed E-state index contributed by atoms with van der Waals surface area (Å²) in [5, 5.41) is 7.64. The maximum Gasteiger partial charge on any atom is 0.0967 e. The molecule has 1 aromatic heterocycles. The van der Waals surface area contributed by atoms with Gasteiger partial charge in [-0.05, 0) is 34.8 Å². The van der Waals surface area contributed by atoms with Gasteiger partial charge in [-0.1, -0.05) is 6.92 Å². The van der Waals surface area contributed by atoms with Gasteiger partial charge in [0.05, 0.1) is 16.0 Å². The smallest absolute Gasteiger partial charge is 0.0967 e. The summed E-state index contributed by atoms with van der Waals surface area (Å²) in [6.07, 6.45) is 5.47. The molecule has 0 atom stereocenters. The average Bonchev–Trinajstić information content (AvgIpc) is 2.31. The Kier molecular flexibility index (Phi) is 3.38. The first kappa shape index (κ1) is 12.4. The van der Waals surface area contributed by atoms with E-state index in [9.17, 15) is 0 Å². The van der Waals surface area contributed by atoms with E-state index in [-0.39, 0.29) is 5.41 Å². The monoisotopic (exact) mass is 296 g/mol. The van der Waals surface area contributed by atoms with Gasteiger partial charge in [0.1, 0.15) is 0 Å². The Morgan fingerprint density at radius 2 is 2.18 bits per heavy atom. The van der Waals surface area contributed by atoms with Gasteiger partial charge in [0, 0.05) is 30.9 Å². The third-order valence-corrected chi connectivity index (χ3v) is 4.22. The number of aromatic nitrogens is 1. The fourth-order valence-corrected chi connectivity index (χ4v) is 2.64. The van der Waals surface area contributed by atoms with Crippen molar-refractivity contribution in [1.29, 1.82) is 5.41 Å². The number of hydrogen-bond donors (Lipinski definition) is 2. The zero-order chi connectivity index (χ0) is 12.5. The van der Waals surface area contributed by atoms with Crippen LogP contribution in [0.1, 0.15) is 19.8 Å². The molecule has 92 valence electrons. The SMILES string of the molecule is CC1(C(=N)N)CCN(c2ccncc2Br)CC1. The molecule has 5 heteroatoms. The first-order valence-corrected chi connectivity index (χ1v) is 6.51. The van der Waals surface area contributed by atoms with Crippen molar-refractivity contribution in [2.45, 2.75) is 19.8 Å². The number of amidine groups is 1. The summed E-state index contributed by atoms with van der Waals surface area (Å²) >= 11 is 3.52. The Balaban J connectivity index is 2.10. The van der Waals surface area contributed by atoms with E-state index in [1.807, 2.05) is 12.3 Å². The van der Waals surface area contributed by atoms with Crippen LogP contribution in [-0.2, 0) is 0 Å². The molecule has 3 N–H and O–H groups in total. The summed E-state index contributed by atoms with van der Waals surface area (Å²) in [5.74, 6) is 0.311. The lowest BCUT2D eigenvalue weighted by atomic mass is 9.79. The maximum atomic E-state index is 7.64. The number of nitrogens with two attached hydrogens (primary N) is 1. The number of pyridine rings is 1. The van der Waals surface area contributed by atoms with Gasteiger partial charge >= 0.3 is 0 Å². The van der Waals surface area contributed by atoms with Crippen LogP contribution < -0.4 is 10.6 Å². The van der Waals surface area contributed by atoms with Crippen LogP contribution in [0.5, 0.6) is 0 Å². The Hall–Kier alpha value is -1.10. The normalized spacial score (nSPS) is 19.1. The van der Waals surface area contributed by atoms with Gasteiger partial charge in [-0.2, -0.15) is 0 Å². The van der Waals surface area contributed by atoms with Gasteiger partial charge in [0.2, 0.25) is 0 Å². The molecule has 0 bridgehead atoms. The average molecular weight is 297 g/mol. The summed E-state index contributed by atoms with van der Waals surface area (Å²) in [6, 6.07) is 2.01. The van der Waals surface area contributed by atoms with Crippen molar-refractivity contribution in [3.8, 4) is 0 Å². The van der Waals surface area contributed by atoms with Gasteiger partial charge in [-0.25, -0.2) is 0 Å². The van der Waals surface area contributed by atoms with Crippen LogP contribution in [0.25, 0.3) is 0 Å². The molecule has 0 radical (unpaired) electrons. The third kappa shape index (κ3) is 2.44. The minimum atomic E-state index is -0.129. The fourth-order valence-electron chi connectivity index (χ4n) is 2.13. The van der Waals surface area contributed by atoms with E-state index in [4.69, 9.17) is 11.1 Å². The molecule has 0 unspecified atom stereocenters. The first-order valence-electron chi connectivity index (χ1n) is 5.72. The Labute approximate surface area is 110 Å². The minimum Gasteiger partial charge on any atom is -0.387 e. The van der Waals surface area contributed by atoms with Gasteiger partial charge in [-0.3, -0.25) is 10.4 Å². The standard InChI is InChI=1S/C12H17BrN4/c1-12(11(14)15)3-6-17(7-4-12)10-2-5-16-8-9(10)13/h2,5,8H,3-4,6-7H2,1H3,(H3,14,15). The van der Waals surface area contributed by atoms with Crippen LogP contribution in [-0.4, -0.2) is 23.9 Å². The number of rotatable bonds is 2. The Morgan fingerprint density at radius 3 is 2.71 bits per heavy atom. The molecule has 4 nitrogen and oxygen atoms in total. The molecule has 0 spiro atoms. The van der Waals surface area contributed by atoms with E-state index in [2.05, 4.69) is 32.7 Å². The number of nitrogens with zero attached hydrogens (tertiary/aromatic N) is 2. The van der Waals surface area contributed by atoms with Crippen LogP contribution in [0.3, 0.4) is 0 Å². The van der Waals surface area contributed by atoms with E-state index in [1.54, 1.807) is 6.20 Å². The summed E-state index contributed by atoms with van der Waals surface area (Å²) in [5.41, 5.74) is 6.70. The second kappa shape index (κ2) is 4.64. The van der Waals surface area contributed by atoms with Gasteiger partial charge in [0.15, 0.2) is 0 Å². The molecule has 1 saturated heterocycles. The molecular formula is C12H17BrN4. The largest absolute Gasteiger partial charge is 0.387 e. The van der Waals surface area contributed by atoms with Crippen molar-refractivity contribution in [1.82, 2.24) is 4.98 Å². The highest BCUT2D eigenvalue weighted by molar-refractivity contribution is 9.10. The number of nitrogens with one attached hydrogen (secondary N) is 1. The number of anilines is 1. The maximum absolute atomic E-state index is 7.64. The highest BCUT2D eigenvalue weighted by Gasteiger charge is 2.33. The van der Waals surface area contributed by atoms with Crippen LogP contribution in [0.2, 0.25) is 0 Å². The van der Waals surface area contributed by atoms with Gasteiger partial charge < -0.3 is 10.6 Å². The number of halogens is 1. The lowest BCUT2D eigenvalue weighted by molar-refractivity contribution is 0.351. The summed E-state index contributed by atoms with van der Waals surface area (Å²) < 4.78 is 1.02. The molecule has 0 aromatic carbocycles. The van der Waals surface area contributed by atoms with Crippen molar-refractivity contribution in [3.05, 3.63) is 22.9 Å². The van der Waals surface area contributed by atoms with E-state index in [0.29, 0.717) is 5.84 Å². The number of piperidine rings is 1. The van der Waals surface area contributed by atoms with E-state index >= 15 is 0 Å². The predicted octanol–water partition coefficient (Wildman–Crippen LogP) is 2.39. The van der Waals surface area contributed by atoms with E-state index < -0.39 is 0 Å². The van der Waals surface area contributed by atoms with E-state index in [1.165, 1.54) is 5.69 Å². The van der Waals surface area contributed by atoms with Gasteiger partial charge in [0.25, 0.3) is 0 Å².